The molecule has 8 aromatic carbocycles. The van der Waals surface area contributed by atoms with Gasteiger partial charge in [-0.1, -0.05) is 121 Å². The lowest BCUT2D eigenvalue weighted by molar-refractivity contribution is 0.673. The average molecular weight is 656 g/mol. The van der Waals surface area contributed by atoms with Crippen molar-refractivity contribution in [1.29, 1.82) is 0 Å². The third-order valence-corrected chi connectivity index (χ3v) is 11.1. The zero-order chi connectivity index (χ0) is 32.8. The first-order valence-corrected chi connectivity index (χ1v) is 17.5. The molecule has 0 amide bonds. The molecule has 3 heterocycles. The molecular formula is C45H25N3OS. The van der Waals surface area contributed by atoms with Crippen LogP contribution in [0, 0.1) is 0 Å². The van der Waals surface area contributed by atoms with Gasteiger partial charge in [0, 0.05) is 53.0 Å². The highest BCUT2D eigenvalue weighted by molar-refractivity contribution is 7.26. The molecule has 3 aromatic heterocycles. The Morgan fingerprint density at radius 1 is 0.420 bits per heavy atom. The van der Waals surface area contributed by atoms with Crippen LogP contribution in [0.3, 0.4) is 0 Å². The molecule has 232 valence electrons. The van der Waals surface area contributed by atoms with E-state index >= 15 is 0 Å². The van der Waals surface area contributed by atoms with Crippen molar-refractivity contribution < 1.29 is 4.42 Å². The molecule has 11 rings (SSSR count). The highest BCUT2D eigenvalue weighted by Gasteiger charge is 2.22. The number of fused-ring (bicyclic) bond motifs is 11. The van der Waals surface area contributed by atoms with E-state index in [2.05, 4.69) is 133 Å². The number of benzene rings is 8. The molecule has 0 saturated heterocycles. The SMILES string of the molecule is c1ccc(-c2nc(-c3cccc4c3sc3ccccc34)nc(-c3cc4ccc5ccccc5c4c4oc5cc6ccccc6cc5c34)n2)cc1. The van der Waals surface area contributed by atoms with Gasteiger partial charge in [0.05, 0.1) is 0 Å². The van der Waals surface area contributed by atoms with Crippen molar-refractivity contribution >= 4 is 85.8 Å². The fraction of sp³-hybridized carbons (Fsp3) is 0. The summed E-state index contributed by atoms with van der Waals surface area (Å²) in [5, 5.41) is 11.3. The van der Waals surface area contributed by atoms with E-state index in [1.807, 2.05) is 18.2 Å². The molecule has 0 N–H and O–H groups in total. The molecule has 50 heavy (non-hydrogen) atoms. The molecule has 0 aliphatic rings. The van der Waals surface area contributed by atoms with Gasteiger partial charge in [-0.3, -0.25) is 0 Å². The Morgan fingerprint density at radius 2 is 1.08 bits per heavy atom. The van der Waals surface area contributed by atoms with Crippen molar-refractivity contribution in [3.8, 4) is 34.2 Å². The second kappa shape index (κ2) is 10.5. The molecule has 0 fully saturated rings. The summed E-state index contributed by atoms with van der Waals surface area (Å²) < 4.78 is 9.31. The number of furan rings is 1. The van der Waals surface area contributed by atoms with E-state index in [9.17, 15) is 0 Å². The summed E-state index contributed by atoms with van der Waals surface area (Å²) in [5.74, 6) is 1.90. The number of nitrogens with zero attached hydrogens (tertiary/aromatic N) is 3. The lowest BCUT2D eigenvalue weighted by atomic mass is 9.95. The molecule has 0 aliphatic carbocycles. The molecule has 0 aliphatic heterocycles. The maximum absolute atomic E-state index is 6.90. The van der Waals surface area contributed by atoms with Crippen molar-refractivity contribution in [2.24, 2.45) is 0 Å². The average Bonchev–Trinajstić information content (AvgIpc) is 3.75. The quantitative estimate of drug-likeness (QED) is 0.178. The van der Waals surface area contributed by atoms with Crippen molar-refractivity contribution in [1.82, 2.24) is 15.0 Å². The molecule has 0 spiro atoms. The van der Waals surface area contributed by atoms with Crippen LogP contribution < -0.4 is 0 Å². The minimum atomic E-state index is 0.614. The highest BCUT2D eigenvalue weighted by Crippen LogP contribution is 2.45. The Kier molecular flexibility index (Phi) is 5.80. The summed E-state index contributed by atoms with van der Waals surface area (Å²) in [5.41, 5.74) is 4.53. The van der Waals surface area contributed by atoms with Crippen molar-refractivity contribution in [2.45, 2.75) is 0 Å². The predicted octanol–water partition coefficient (Wildman–Crippen LogP) is 12.6. The standard InChI is InChI=1S/C45H25N3OS/c1-2-12-27(13-3-1)43-46-44(34-19-10-18-33-32-17-8-9-20-38(32)50-42(33)34)48-45(47-43)36-24-30-22-21-26-11-6-7-16-31(26)39(30)41-40(36)35-23-28-14-4-5-15-29(28)25-37(35)49-41/h1-25H. The first kappa shape index (κ1) is 27.5. The summed E-state index contributed by atoms with van der Waals surface area (Å²) in [7, 11) is 0. The summed E-state index contributed by atoms with van der Waals surface area (Å²) in [6.07, 6.45) is 0. The van der Waals surface area contributed by atoms with E-state index in [0.717, 1.165) is 65.6 Å². The van der Waals surface area contributed by atoms with E-state index < -0.39 is 0 Å². The van der Waals surface area contributed by atoms with Gasteiger partial charge in [0.25, 0.3) is 0 Å². The van der Waals surface area contributed by atoms with Crippen LogP contribution in [-0.2, 0) is 0 Å². The molecular weight excluding hydrogens is 631 g/mol. The molecule has 11 aromatic rings. The van der Waals surface area contributed by atoms with Crippen LogP contribution in [-0.4, -0.2) is 15.0 Å². The van der Waals surface area contributed by atoms with E-state index in [1.165, 1.54) is 25.6 Å². The van der Waals surface area contributed by atoms with E-state index in [1.54, 1.807) is 11.3 Å². The maximum atomic E-state index is 6.90. The normalized spacial score (nSPS) is 12.0. The van der Waals surface area contributed by atoms with Gasteiger partial charge >= 0.3 is 0 Å². The molecule has 0 saturated carbocycles. The Bertz CT molecular complexity index is 3160. The lowest BCUT2D eigenvalue weighted by Gasteiger charge is -2.12. The fourth-order valence-corrected chi connectivity index (χ4v) is 8.76. The zero-order valence-corrected chi connectivity index (χ0v) is 27.4. The molecule has 5 heteroatoms. The van der Waals surface area contributed by atoms with Gasteiger partial charge in [0.15, 0.2) is 17.5 Å². The van der Waals surface area contributed by atoms with E-state index in [4.69, 9.17) is 19.4 Å². The number of thiophene rings is 1. The predicted molar refractivity (Wildman–Crippen MR) is 209 cm³/mol. The van der Waals surface area contributed by atoms with Crippen LogP contribution >= 0.6 is 11.3 Å². The first-order chi connectivity index (χ1) is 24.8. The van der Waals surface area contributed by atoms with Gasteiger partial charge in [-0.05, 0) is 57.3 Å². The van der Waals surface area contributed by atoms with Crippen LogP contribution in [0.1, 0.15) is 0 Å². The van der Waals surface area contributed by atoms with E-state index in [-0.39, 0.29) is 0 Å². The van der Waals surface area contributed by atoms with Gasteiger partial charge in [-0.15, -0.1) is 11.3 Å². The third kappa shape index (κ3) is 4.08. The summed E-state index contributed by atoms with van der Waals surface area (Å²) in [6, 6.07) is 53.2. The zero-order valence-electron chi connectivity index (χ0n) is 26.6. The third-order valence-electron chi connectivity index (χ3n) is 9.87. The van der Waals surface area contributed by atoms with Gasteiger partial charge in [0.2, 0.25) is 0 Å². The fourth-order valence-electron chi connectivity index (χ4n) is 7.55. The number of aromatic nitrogens is 3. The van der Waals surface area contributed by atoms with Crippen molar-refractivity contribution in [2.75, 3.05) is 0 Å². The molecule has 4 nitrogen and oxygen atoms in total. The highest BCUT2D eigenvalue weighted by atomic mass is 32.1. The topological polar surface area (TPSA) is 51.8 Å². The molecule has 0 radical (unpaired) electrons. The maximum Gasteiger partial charge on any atom is 0.165 e. The monoisotopic (exact) mass is 655 g/mol. The minimum Gasteiger partial charge on any atom is -0.455 e. The lowest BCUT2D eigenvalue weighted by Crippen LogP contribution is -2.00. The summed E-state index contributed by atoms with van der Waals surface area (Å²) in [6.45, 7) is 0. The van der Waals surface area contributed by atoms with Gasteiger partial charge in [-0.25, -0.2) is 15.0 Å². The Hall–Kier alpha value is -6.43. The summed E-state index contributed by atoms with van der Waals surface area (Å²) in [4.78, 5) is 15.7. The number of hydrogen-bond acceptors (Lipinski definition) is 5. The summed E-state index contributed by atoms with van der Waals surface area (Å²) >= 11 is 1.78. The van der Waals surface area contributed by atoms with E-state index in [0.29, 0.717) is 17.5 Å². The molecule has 0 unspecified atom stereocenters. The van der Waals surface area contributed by atoms with Crippen LogP contribution in [0.15, 0.2) is 156 Å². The largest absolute Gasteiger partial charge is 0.455 e. The Morgan fingerprint density at radius 3 is 1.94 bits per heavy atom. The second-order valence-corrected chi connectivity index (χ2v) is 13.8. The molecule has 0 atom stereocenters. The van der Waals surface area contributed by atoms with Gasteiger partial charge < -0.3 is 4.42 Å². The minimum absolute atomic E-state index is 0.614. The molecule has 0 bridgehead atoms. The first-order valence-electron chi connectivity index (χ1n) is 16.7. The second-order valence-electron chi connectivity index (χ2n) is 12.8. The van der Waals surface area contributed by atoms with Crippen LogP contribution in [0.5, 0.6) is 0 Å². The Balaban J connectivity index is 1.28. The van der Waals surface area contributed by atoms with Crippen LogP contribution in [0.4, 0.5) is 0 Å². The van der Waals surface area contributed by atoms with Crippen LogP contribution in [0.25, 0.3) is 109 Å². The van der Waals surface area contributed by atoms with Crippen molar-refractivity contribution in [3.05, 3.63) is 152 Å². The van der Waals surface area contributed by atoms with Crippen molar-refractivity contribution in [3.63, 3.8) is 0 Å². The van der Waals surface area contributed by atoms with Gasteiger partial charge in [-0.2, -0.15) is 0 Å². The smallest absolute Gasteiger partial charge is 0.165 e. The number of hydrogen-bond donors (Lipinski definition) is 0. The van der Waals surface area contributed by atoms with Gasteiger partial charge in [0.1, 0.15) is 11.2 Å². The number of rotatable bonds is 3. The Labute approximate surface area is 289 Å². The van der Waals surface area contributed by atoms with Crippen LogP contribution in [0.2, 0.25) is 0 Å².